The lowest BCUT2D eigenvalue weighted by Gasteiger charge is -2.10. The molecule has 7 heteroatoms. The van der Waals surface area contributed by atoms with Crippen molar-refractivity contribution in [3.05, 3.63) is 47.5 Å². The minimum absolute atomic E-state index is 0.182. The molecule has 112 valence electrons. The lowest BCUT2D eigenvalue weighted by atomic mass is 10.2. The average molecular weight is 299 g/mol. The van der Waals surface area contributed by atoms with Crippen LogP contribution in [0.3, 0.4) is 0 Å². The number of hydrogen-bond donors (Lipinski definition) is 1. The molecular weight excluding hydrogens is 286 g/mol. The summed E-state index contributed by atoms with van der Waals surface area (Å²) in [4.78, 5) is 0. The Morgan fingerprint density at radius 2 is 2.00 bits per heavy atom. The average Bonchev–Trinajstić information content (AvgIpc) is 3.13. The first kappa shape index (κ1) is 14.1. The third-order valence-electron chi connectivity index (χ3n) is 3.31. The van der Waals surface area contributed by atoms with Crippen LogP contribution in [0.5, 0.6) is 0 Å². The van der Waals surface area contributed by atoms with Gasteiger partial charge in [-0.25, -0.2) is 9.07 Å². The van der Waals surface area contributed by atoms with E-state index in [1.54, 1.807) is 12.3 Å². The fourth-order valence-corrected chi connectivity index (χ4v) is 2.01. The molecule has 0 unspecified atom stereocenters. The van der Waals surface area contributed by atoms with Gasteiger partial charge in [-0.15, -0.1) is 0 Å². The molecule has 0 atom stereocenters. The van der Waals surface area contributed by atoms with Crippen LogP contribution < -0.4 is 5.32 Å². The second-order valence-electron chi connectivity index (χ2n) is 5.07. The first-order valence-electron chi connectivity index (χ1n) is 6.58. The van der Waals surface area contributed by atoms with Crippen LogP contribution in [0, 0.1) is 5.82 Å². The first-order valence-corrected chi connectivity index (χ1v) is 6.58. The third kappa shape index (κ3) is 3.24. The van der Waals surface area contributed by atoms with Crippen molar-refractivity contribution in [3.63, 3.8) is 0 Å². The SMILES string of the molecule is Fc1ccc(-n2ccc(CNC3CC3)n2)cc1C(F)(F)F. The van der Waals surface area contributed by atoms with Gasteiger partial charge in [-0.3, -0.25) is 0 Å². The van der Waals surface area contributed by atoms with Crippen molar-refractivity contribution >= 4 is 0 Å². The van der Waals surface area contributed by atoms with Gasteiger partial charge in [0.2, 0.25) is 0 Å². The summed E-state index contributed by atoms with van der Waals surface area (Å²) in [6.07, 6.45) is -0.859. The molecule has 1 fully saturated rings. The predicted octanol–water partition coefficient (Wildman–Crippen LogP) is 3.28. The van der Waals surface area contributed by atoms with Crippen molar-refractivity contribution in [3.8, 4) is 5.69 Å². The Bertz CT molecular complexity index is 644. The number of halogens is 4. The number of benzene rings is 1. The van der Waals surface area contributed by atoms with Gasteiger partial charge in [-0.2, -0.15) is 18.3 Å². The van der Waals surface area contributed by atoms with E-state index >= 15 is 0 Å². The van der Waals surface area contributed by atoms with Gasteiger partial charge in [0.05, 0.1) is 16.9 Å². The van der Waals surface area contributed by atoms with Crippen LogP contribution in [0.2, 0.25) is 0 Å². The normalized spacial score (nSPS) is 15.4. The van der Waals surface area contributed by atoms with Gasteiger partial charge in [0.15, 0.2) is 0 Å². The molecular formula is C14H13F4N3. The van der Waals surface area contributed by atoms with Crippen LogP contribution in [0.1, 0.15) is 24.1 Å². The van der Waals surface area contributed by atoms with Crippen molar-refractivity contribution in [2.45, 2.75) is 31.6 Å². The van der Waals surface area contributed by atoms with E-state index in [2.05, 4.69) is 10.4 Å². The van der Waals surface area contributed by atoms with E-state index in [1.165, 1.54) is 10.7 Å². The molecule has 1 aliphatic carbocycles. The van der Waals surface area contributed by atoms with Gasteiger partial charge in [-0.05, 0) is 37.1 Å². The Kier molecular flexibility index (Phi) is 3.44. The molecule has 1 heterocycles. The maximum atomic E-state index is 13.2. The molecule has 0 radical (unpaired) electrons. The molecule has 0 aliphatic heterocycles. The molecule has 1 aliphatic rings. The summed E-state index contributed by atoms with van der Waals surface area (Å²) in [5.74, 6) is -1.28. The minimum atomic E-state index is -4.72. The standard InChI is InChI=1S/C14H13F4N3/c15-13-4-3-11(7-12(13)14(16,17)18)21-6-5-10(20-21)8-19-9-1-2-9/h3-7,9,19H,1-2,8H2. The van der Waals surface area contributed by atoms with Crippen LogP contribution in [-0.4, -0.2) is 15.8 Å². The summed E-state index contributed by atoms with van der Waals surface area (Å²) >= 11 is 0. The Labute approximate surface area is 118 Å². The maximum Gasteiger partial charge on any atom is 0.419 e. The van der Waals surface area contributed by atoms with E-state index < -0.39 is 17.6 Å². The Hall–Kier alpha value is -1.89. The number of hydrogen-bond acceptors (Lipinski definition) is 2. The van der Waals surface area contributed by atoms with E-state index in [0.717, 1.165) is 30.7 Å². The first-order chi connectivity index (χ1) is 9.93. The maximum absolute atomic E-state index is 13.2. The van der Waals surface area contributed by atoms with Crippen LogP contribution in [0.25, 0.3) is 5.69 Å². The van der Waals surface area contributed by atoms with E-state index in [4.69, 9.17) is 0 Å². The largest absolute Gasteiger partial charge is 0.419 e. The van der Waals surface area contributed by atoms with Crippen molar-refractivity contribution in [2.24, 2.45) is 0 Å². The van der Waals surface area contributed by atoms with Gasteiger partial charge < -0.3 is 5.32 Å². The summed E-state index contributed by atoms with van der Waals surface area (Å²) in [6, 6.07) is 5.10. The van der Waals surface area contributed by atoms with Gasteiger partial charge in [-0.1, -0.05) is 0 Å². The molecule has 0 bridgehead atoms. The van der Waals surface area contributed by atoms with Gasteiger partial charge in [0.25, 0.3) is 0 Å². The summed E-state index contributed by atoms with van der Waals surface area (Å²) in [7, 11) is 0. The molecule has 0 spiro atoms. The second kappa shape index (κ2) is 5.14. The fraction of sp³-hybridized carbons (Fsp3) is 0.357. The third-order valence-corrected chi connectivity index (χ3v) is 3.31. The number of nitrogens with zero attached hydrogens (tertiary/aromatic N) is 2. The molecule has 21 heavy (non-hydrogen) atoms. The van der Waals surface area contributed by atoms with Gasteiger partial charge >= 0.3 is 6.18 Å². The summed E-state index contributed by atoms with van der Waals surface area (Å²) in [6.45, 7) is 0.574. The molecule has 3 rings (SSSR count). The highest BCUT2D eigenvalue weighted by molar-refractivity contribution is 5.37. The highest BCUT2D eigenvalue weighted by Gasteiger charge is 2.34. The highest BCUT2D eigenvalue weighted by Crippen LogP contribution is 2.32. The fourth-order valence-electron chi connectivity index (χ4n) is 2.01. The van der Waals surface area contributed by atoms with E-state index in [1.807, 2.05) is 0 Å². The lowest BCUT2D eigenvalue weighted by molar-refractivity contribution is -0.140. The number of rotatable bonds is 4. The van der Waals surface area contributed by atoms with Crippen molar-refractivity contribution in [2.75, 3.05) is 0 Å². The van der Waals surface area contributed by atoms with E-state index in [9.17, 15) is 17.6 Å². The number of alkyl halides is 3. The smallest absolute Gasteiger partial charge is 0.308 e. The molecule has 1 N–H and O–H groups in total. The highest BCUT2D eigenvalue weighted by atomic mass is 19.4. The molecule has 1 aromatic heterocycles. The van der Waals surface area contributed by atoms with E-state index in [-0.39, 0.29) is 5.69 Å². The van der Waals surface area contributed by atoms with Crippen LogP contribution >= 0.6 is 0 Å². The quantitative estimate of drug-likeness (QED) is 0.878. The molecule has 1 saturated carbocycles. The molecule has 2 aromatic rings. The second-order valence-corrected chi connectivity index (χ2v) is 5.07. The monoisotopic (exact) mass is 299 g/mol. The Morgan fingerprint density at radius 1 is 1.24 bits per heavy atom. The van der Waals surface area contributed by atoms with Crippen LogP contribution in [0.4, 0.5) is 17.6 Å². The zero-order valence-electron chi connectivity index (χ0n) is 11.0. The molecule has 0 amide bonds. The minimum Gasteiger partial charge on any atom is -0.308 e. The molecule has 3 nitrogen and oxygen atoms in total. The summed E-state index contributed by atoms with van der Waals surface area (Å²) in [5, 5.41) is 7.46. The van der Waals surface area contributed by atoms with Crippen LogP contribution in [-0.2, 0) is 12.7 Å². The van der Waals surface area contributed by atoms with Crippen molar-refractivity contribution < 1.29 is 17.6 Å². The predicted molar refractivity (Wildman–Crippen MR) is 68.4 cm³/mol. The van der Waals surface area contributed by atoms with E-state index in [0.29, 0.717) is 12.6 Å². The lowest BCUT2D eigenvalue weighted by Crippen LogP contribution is -2.15. The van der Waals surface area contributed by atoms with Crippen LogP contribution in [0.15, 0.2) is 30.5 Å². The van der Waals surface area contributed by atoms with Crippen molar-refractivity contribution in [1.82, 2.24) is 15.1 Å². The summed E-state index contributed by atoms with van der Waals surface area (Å²) < 4.78 is 52.6. The van der Waals surface area contributed by atoms with Gasteiger partial charge in [0, 0.05) is 18.8 Å². The topological polar surface area (TPSA) is 29.9 Å². The zero-order chi connectivity index (χ0) is 15.0. The molecule has 1 aromatic carbocycles. The molecule has 0 saturated heterocycles. The summed E-state index contributed by atoms with van der Waals surface area (Å²) in [5.41, 5.74) is -0.366. The Balaban J connectivity index is 1.82. The Morgan fingerprint density at radius 3 is 2.67 bits per heavy atom. The number of nitrogens with one attached hydrogen (secondary N) is 1. The van der Waals surface area contributed by atoms with Crippen molar-refractivity contribution in [1.29, 1.82) is 0 Å². The number of aromatic nitrogens is 2. The van der Waals surface area contributed by atoms with Gasteiger partial charge in [0.1, 0.15) is 5.82 Å². The zero-order valence-corrected chi connectivity index (χ0v) is 11.0.